The summed E-state index contributed by atoms with van der Waals surface area (Å²) in [6.07, 6.45) is 7.64. The molecule has 2 amide bonds. The molecule has 0 aliphatic heterocycles. The van der Waals surface area contributed by atoms with Gasteiger partial charge < -0.3 is 14.6 Å². The Balaban J connectivity index is 1.84. The smallest absolute Gasteiger partial charge is 0.318 e. The molecule has 0 saturated heterocycles. The zero-order chi connectivity index (χ0) is 12.8. The van der Waals surface area contributed by atoms with Crippen LogP contribution in [0.4, 0.5) is 4.79 Å². The number of urea groups is 1. The van der Waals surface area contributed by atoms with Gasteiger partial charge in [0.2, 0.25) is 0 Å². The molecule has 2 rings (SSSR count). The standard InChI is InChI=1S/C14H22N2O2/c1-2-16(11-13-9-6-10-18-13)14(17)15-12-7-4-3-5-8-12/h6,9-10,12H,2-5,7-8,11H2,1H3,(H,15,17). The van der Waals surface area contributed by atoms with Gasteiger partial charge in [-0.15, -0.1) is 0 Å². The maximum Gasteiger partial charge on any atom is 0.318 e. The third-order valence-corrected chi connectivity index (χ3v) is 3.53. The lowest BCUT2D eigenvalue weighted by Crippen LogP contribution is -2.45. The van der Waals surface area contributed by atoms with Crippen molar-refractivity contribution >= 4 is 6.03 Å². The third kappa shape index (κ3) is 3.52. The van der Waals surface area contributed by atoms with Gasteiger partial charge in [0.05, 0.1) is 12.8 Å². The fraction of sp³-hybridized carbons (Fsp3) is 0.643. The monoisotopic (exact) mass is 250 g/mol. The predicted molar refractivity (Wildman–Crippen MR) is 70.2 cm³/mol. The fourth-order valence-corrected chi connectivity index (χ4v) is 2.43. The molecule has 1 N–H and O–H groups in total. The van der Waals surface area contributed by atoms with E-state index in [0.717, 1.165) is 18.6 Å². The van der Waals surface area contributed by atoms with E-state index in [9.17, 15) is 4.79 Å². The predicted octanol–water partition coefficient (Wildman–Crippen LogP) is 3.14. The van der Waals surface area contributed by atoms with Crippen molar-refractivity contribution in [3.05, 3.63) is 24.2 Å². The normalized spacial score (nSPS) is 16.5. The Morgan fingerprint density at radius 1 is 1.44 bits per heavy atom. The first-order valence-electron chi connectivity index (χ1n) is 6.87. The summed E-state index contributed by atoms with van der Waals surface area (Å²) in [4.78, 5) is 13.9. The molecule has 0 radical (unpaired) electrons. The third-order valence-electron chi connectivity index (χ3n) is 3.53. The second-order valence-corrected chi connectivity index (χ2v) is 4.88. The number of rotatable bonds is 4. The highest BCUT2D eigenvalue weighted by Crippen LogP contribution is 2.17. The molecule has 0 spiro atoms. The Kier molecular flexibility index (Phi) is 4.67. The first-order valence-corrected chi connectivity index (χ1v) is 6.87. The number of nitrogens with one attached hydrogen (secondary N) is 1. The summed E-state index contributed by atoms with van der Waals surface area (Å²) in [5.41, 5.74) is 0. The Morgan fingerprint density at radius 3 is 2.83 bits per heavy atom. The van der Waals surface area contributed by atoms with Gasteiger partial charge in [-0.3, -0.25) is 0 Å². The van der Waals surface area contributed by atoms with Crippen molar-refractivity contribution in [3.8, 4) is 0 Å². The van der Waals surface area contributed by atoms with Crippen LogP contribution in [0.2, 0.25) is 0 Å². The van der Waals surface area contributed by atoms with E-state index in [1.807, 2.05) is 19.1 Å². The molecular weight excluding hydrogens is 228 g/mol. The van der Waals surface area contributed by atoms with Gasteiger partial charge in [-0.1, -0.05) is 19.3 Å². The van der Waals surface area contributed by atoms with Crippen LogP contribution < -0.4 is 5.32 Å². The zero-order valence-corrected chi connectivity index (χ0v) is 11.0. The molecular formula is C14H22N2O2. The average molecular weight is 250 g/mol. The number of carbonyl (C=O) groups excluding carboxylic acids is 1. The Hall–Kier alpha value is -1.45. The van der Waals surface area contributed by atoms with Crippen LogP contribution in [0.15, 0.2) is 22.8 Å². The fourth-order valence-electron chi connectivity index (χ4n) is 2.43. The minimum atomic E-state index is 0.0285. The number of hydrogen-bond donors (Lipinski definition) is 1. The molecule has 1 saturated carbocycles. The molecule has 1 aliphatic rings. The SMILES string of the molecule is CCN(Cc1ccco1)C(=O)NC1CCCCC1. The van der Waals surface area contributed by atoms with E-state index in [0.29, 0.717) is 19.1 Å². The first kappa shape index (κ1) is 13.0. The summed E-state index contributed by atoms with van der Waals surface area (Å²) in [6, 6.07) is 4.14. The number of nitrogens with zero attached hydrogens (tertiary/aromatic N) is 1. The van der Waals surface area contributed by atoms with Crippen LogP contribution in [0, 0.1) is 0 Å². The van der Waals surface area contributed by atoms with Gasteiger partial charge in [0.1, 0.15) is 5.76 Å². The van der Waals surface area contributed by atoms with E-state index in [-0.39, 0.29) is 6.03 Å². The van der Waals surface area contributed by atoms with E-state index in [1.54, 1.807) is 11.2 Å². The molecule has 0 atom stereocenters. The van der Waals surface area contributed by atoms with Gasteiger partial charge in [-0.2, -0.15) is 0 Å². The molecule has 4 nitrogen and oxygen atoms in total. The lowest BCUT2D eigenvalue weighted by atomic mass is 9.96. The lowest BCUT2D eigenvalue weighted by Gasteiger charge is -2.27. The van der Waals surface area contributed by atoms with Crippen LogP contribution in [-0.4, -0.2) is 23.5 Å². The summed E-state index contributed by atoms with van der Waals surface area (Å²) >= 11 is 0. The quantitative estimate of drug-likeness (QED) is 0.892. The molecule has 1 aliphatic carbocycles. The highest BCUT2D eigenvalue weighted by Gasteiger charge is 2.19. The van der Waals surface area contributed by atoms with Crippen molar-refractivity contribution in [3.63, 3.8) is 0 Å². The van der Waals surface area contributed by atoms with Crippen molar-refractivity contribution < 1.29 is 9.21 Å². The van der Waals surface area contributed by atoms with Crippen molar-refractivity contribution in [2.45, 2.75) is 51.6 Å². The number of furan rings is 1. The van der Waals surface area contributed by atoms with Gasteiger partial charge in [0.25, 0.3) is 0 Å². The Bertz CT molecular complexity index is 356. The minimum Gasteiger partial charge on any atom is -0.467 e. The number of carbonyl (C=O) groups is 1. The van der Waals surface area contributed by atoms with Crippen LogP contribution in [0.1, 0.15) is 44.8 Å². The molecule has 100 valence electrons. The van der Waals surface area contributed by atoms with Crippen LogP contribution in [0.5, 0.6) is 0 Å². The van der Waals surface area contributed by atoms with Gasteiger partial charge >= 0.3 is 6.03 Å². The molecule has 0 unspecified atom stereocenters. The van der Waals surface area contributed by atoms with Gasteiger partial charge in [0, 0.05) is 12.6 Å². The second-order valence-electron chi connectivity index (χ2n) is 4.88. The maximum absolute atomic E-state index is 12.1. The van der Waals surface area contributed by atoms with E-state index in [1.165, 1.54) is 19.3 Å². The van der Waals surface area contributed by atoms with Crippen LogP contribution in [0.3, 0.4) is 0 Å². The maximum atomic E-state index is 12.1. The van der Waals surface area contributed by atoms with Crippen molar-refractivity contribution in [1.82, 2.24) is 10.2 Å². The summed E-state index contributed by atoms with van der Waals surface area (Å²) in [6.45, 7) is 3.23. The largest absolute Gasteiger partial charge is 0.467 e. The van der Waals surface area contributed by atoms with E-state index in [4.69, 9.17) is 4.42 Å². The molecule has 1 aromatic heterocycles. The van der Waals surface area contributed by atoms with Crippen molar-refractivity contribution in [2.24, 2.45) is 0 Å². The van der Waals surface area contributed by atoms with Crippen molar-refractivity contribution in [1.29, 1.82) is 0 Å². The Morgan fingerprint density at radius 2 is 2.22 bits per heavy atom. The summed E-state index contributed by atoms with van der Waals surface area (Å²) in [5, 5.41) is 3.13. The van der Waals surface area contributed by atoms with Crippen LogP contribution in [-0.2, 0) is 6.54 Å². The number of amides is 2. The van der Waals surface area contributed by atoms with Gasteiger partial charge in [0.15, 0.2) is 0 Å². The summed E-state index contributed by atoms with van der Waals surface area (Å²) in [5.74, 6) is 0.829. The zero-order valence-electron chi connectivity index (χ0n) is 11.0. The summed E-state index contributed by atoms with van der Waals surface area (Å²) < 4.78 is 5.28. The van der Waals surface area contributed by atoms with Crippen molar-refractivity contribution in [2.75, 3.05) is 6.54 Å². The van der Waals surface area contributed by atoms with Crippen LogP contribution >= 0.6 is 0 Å². The topological polar surface area (TPSA) is 45.5 Å². The van der Waals surface area contributed by atoms with E-state index in [2.05, 4.69) is 5.32 Å². The molecule has 0 aromatic carbocycles. The van der Waals surface area contributed by atoms with Gasteiger partial charge in [-0.25, -0.2) is 4.79 Å². The van der Waals surface area contributed by atoms with Crippen LogP contribution in [0.25, 0.3) is 0 Å². The lowest BCUT2D eigenvalue weighted by molar-refractivity contribution is 0.186. The first-order chi connectivity index (χ1) is 8.79. The molecule has 1 heterocycles. The number of hydrogen-bond acceptors (Lipinski definition) is 2. The van der Waals surface area contributed by atoms with E-state index >= 15 is 0 Å². The van der Waals surface area contributed by atoms with E-state index < -0.39 is 0 Å². The molecule has 18 heavy (non-hydrogen) atoms. The molecule has 0 bridgehead atoms. The van der Waals surface area contributed by atoms with Gasteiger partial charge in [-0.05, 0) is 31.9 Å². The highest BCUT2D eigenvalue weighted by atomic mass is 16.3. The second kappa shape index (κ2) is 6.47. The minimum absolute atomic E-state index is 0.0285. The summed E-state index contributed by atoms with van der Waals surface area (Å²) in [7, 11) is 0. The molecule has 4 heteroatoms. The Labute approximate surface area is 108 Å². The molecule has 1 fully saturated rings. The molecule has 1 aromatic rings. The average Bonchev–Trinajstić information content (AvgIpc) is 2.90. The highest BCUT2D eigenvalue weighted by molar-refractivity contribution is 5.74.